The molecule has 11 heterocycles. The van der Waals surface area contributed by atoms with Crippen molar-refractivity contribution in [2.75, 3.05) is 49.1 Å². The van der Waals surface area contributed by atoms with Gasteiger partial charge in [-0.1, -0.05) is 38.1 Å². The van der Waals surface area contributed by atoms with E-state index in [9.17, 15) is 17.6 Å². The van der Waals surface area contributed by atoms with Crippen molar-refractivity contribution in [3.8, 4) is 45.4 Å². The van der Waals surface area contributed by atoms with Crippen molar-refractivity contribution < 1.29 is 23.7 Å². The Balaban J connectivity index is 0.000000140. The van der Waals surface area contributed by atoms with E-state index in [1.54, 1.807) is 30.6 Å². The van der Waals surface area contributed by atoms with Gasteiger partial charge in [-0.3, -0.25) is 15.3 Å². The Bertz CT molecular complexity index is 3590. The van der Waals surface area contributed by atoms with Gasteiger partial charge in [-0.25, -0.2) is 34.3 Å². The molecule has 2 saturated heterocycles. The van der Waals surface area contributed by atoms with Crippen LogP contribution in [0.1, 0.15) is 45.7 Å². The van der Waals surface area contributed by atoms with Gasteiger partial charge in [0.1, 0.15) is 23.0 Å². The minimum atomic E-state index is -4.55. The summed E-state index contributed by atoms with van der Waals surface area (Å²) in [5.74, 6) is 2.29. The van der Waals surface area contributed by atoms with E-state index in [0.29, 0.717) is 84.2 Å². The summed E-state index contributed by atoms with van der Waals surface area (Å²) in [5, 5.41) is 23.2. The first-order valence-corrected chi connectivity index (χ1v) is 25.1. The van der Waals surface area contributed by atoms with Crippen LogP contribution < -0.4 is 21.3 Å². The second kappa shape index (κ2) is 22.7. The molecule has 2 atom stereocenters. The van der Waals surface area contributed by atoms with Gasteiger partial charge in [0.05, 0.1) is 46.7 Å². The molecule has 0 radical (unpaired) electrons. The predicted molar refractivity (Wildman–Crippen MR) is 287 cm³/mol. The van der Waals surface area contributed by atoms with Gasteiger partial charge >= 0.3 is 6.18 Å². The zero-order chi connectivity index (χ0) is 52.8. The number of morpholine rings is 1. The van der Waals surface area contributed by atoms with E-state index in [4.69, 9.17) is 21.2 Å². The number of rotatable bonds is 10. The molecule has 76 heavy (non-hydrogen) atoms. The summed E-state index contributed by atoms with van der Waals surface area (Å²) in [6.45, 7) is 8.79. The zero-order valence-electron chi connectivity index (χ0n) is 41.8. The summed E-state index contributed by atoms with van der Waals surface area (Å²) < 4.78 is 60.8. The first-order valence-electron chi connectivity index (χ1n) is 25.1. The Hall–Kier alpha value is -8.27. The van der Waals surface area contributed by atoms with Crippen LogP contribution in [0.3, 0.4) is 0 Å². The van der Waals surface area contributed by atoms with Crippen molar-refractivity contribution in [2.24, 2.45) is 23.3 Å². The van der Waals surface area contributed by atoms with E-state index in [0.717, 1.165) is 70.4 Å². The van der Waals surface area contributed by atoms with Crippen molar-refractivity contribution in [3.63, 3.8) is 0 Å². The smallest absolute Gasteiger partial charge is 0.373 e. The van der Waals surface area contributed by atoms with Crippen molar-refractivity contribution in [1.29, 1.82) is 0 Å². The number of hydrogen-bond donors (Lipinski definition) is 5. The number of fused-ring (bicyclic) bond motifs is 3. The summed E-state index contributed by atoms with van der Waals surface area (Å²) in [5.41, 5.74) is 17.8. The lowest BCUT2D eigenvalue weighted by molar-refractivity contribution is -0.137. The Kier molecular flexibility index (Phi) is 15.3. The van der Waals surface area contributed by atoms with Crippen LogP contribution in [0.15, 0.2) is 122 Å². The Morgan fingerprint density at radius 1 is 0.671 bits per heavy atom. The molecule has 0 amide bonds. The molecule has 21 heteroatoms. The molecule has 0 spiro atoms. The molecule has 7 N–H and O–H groups in total. The molecular weight excluding hydrogens is 977 g/mol. The van der Waals surface area contributed by atoms with Gasteiger partial charge < -0.3 is 26.0 Å². The van der Waals surface area contributed by atoms with E-state index in [2.05, 4.69) is 80.3 Å². The number of H-pyrrole nitrogens is 3. The molecule has 2 fully saturated rings. The fourth-order valence-corrected chi connectivity index (χ4v) is 9.73. The van der Waals surface area contributed by atoms with Crippen LogP contribution in [-0.4, -0.2) is 106 Å². The quantitative estimate of drug-likeness (QED) is 0.0803. The molecule has 12 rings (SSSR count). The second-order valence-corrected chi connectivity index (χ2v) is 19.1. The first kappa shape index (κ1) is 51.2. The van der Waals surface area contributed by atoms with Gasteiger partial charge in [0, 0.05) is 81.0 Å². The van der Waals surface area contributed by atoms with Gasteiger partial charge in [-0.2, -0.15) is 28.5 Å². The fourth-order valence-electron chi connectivity index (χ4n) is 9.73. The zero-order valence-corrected chi connectivity index (χ0v) is 41.8. The van der Waals surface area contributed by atoms with E-state index >= 15 is 0 Å². The predicted octanol–water partition coefficient (Wildman–Crippen LogP) is 10.0. The van der Waals surface area contributed by atoms with E-state index in [1.165, 1.54) is 31.2 Å². The highest BCUT2D eigenvalue weighted by Gasteiger charge is 2.36. The SMILES string of the molecule is CC(C)CC1CCCN(c2ccc(F)c(-c3[nH]nc4ncccc34)n2)C1.NCC1CN(c2ccc(C(F)(F)F)c(-c3[nH]nc4ncccc34)n2)CCO1.NCc1cccc(-c2cccc(-c3[nH]nc4ncccc34)n2)c1.[HH]. The molecule has 2 aliphatic rings. The summed E-state index contributed by atoms with van der Waals surface area (Å²) >= 11 is 0. The molecular formula is C55H58F4N16O. The van der Waals surface area contributed by atoms with E-state index in [-0.39, 0.29) is 24.7 Å². The molecule has 392 valence electrons. The molecule has 0 bridgehead atoms. The number of pyridine rings is 6. The lowest BCUT2D eigenvalue weighted by Gasteiger charge is -2.34. The average Bonchev–Trinajstić information content (AvgIpc) is 4.25. The van der Waals surface area contributed by atoms with Gasteiger partial charge in [-0.15, -0.1) is 0 Å². The monoisotopic (exact) mass is 1030 g/mol. The molecule has 0 aliphatic carbocycles. The average molecular weight is 1040 g/mol. The molecule has 0 saturated carbocycles. The van der Waals surface area contributed by atoms with Gasteiger partial charge in [-0.05, 0) is 116 Å². The first-order chi connectivity index (χ1) is 36.9. The number of halogens is 4. The molecule has 1 aromatic carbocycles. The van der Waals surface area contributed by atoms with Crippen LogP contribution in [0.4, 0.5) is 29.2 Å². The highest BCUT2D eigenvalue weighted by atomic mass is 19.4. The number of ether oxygens (including phenoxy) is 1. The summed E-state index contributed by atoms with van der Waals surface area (Å²) in [6.07, 6.45) is 3.85. The molecule has 17 nitrogen and oxygen atoms in total. The number of benzene rings is 1. The standard InChI is InChI=1S/C20H24FN5.C18H15N5.C17H17F3N6O.H2/c1-13(2)11-14-5-4-10-26(12-14)17-8-7-16(21)19(23-17)18-15-6-3-9-22-20(15)25-24-18;19-11-12-4-1-5-13(10-12)15-7-2-8-16(21-15)17-14-6-3-9-20-18(14)23-22-17;18-17(19,20)12-3-4-13(26-6-7-27-10(8-21)9-26)23-15(12)14-11-2-1-5-22-16(11)25-24-14;/h3,6-9,13-14H,4-5,10-12H2,1-2H3,(H,22,24,25);1-10H,11,19H2,(H,20,22,23);1-5,10H,6-9,21H2,(H,22,24,25);1H. The van der Waals surface area contributed by atoms with Crippen LogP contribution in [0.2, 0.25) is 0 Å². The molecule has 9 aromatic heterocycles. The molecule has 2 unspecified atom stereocenters. The van der Waals surface area contributed by atoms with Crippen LogP contribution in [0.25, 0.3) is 78.5 Å². The maximum Gasteiger partial charge on any atom is 0.418 e. The van der Waals surface area contributed by atoms with Crippen LogP contribution in [-0.2, 0) is 17.5 Å². The molecule has 2 aliphatic heterocycles. The number of nitrogens with two attached hydrogens (primary N) is 2. The Morgan fingerprint density at radius 3 is 1.91 bits per heavy atom. The third-order valence-electron chi connectivity index (χ3n) is 13.3. The number of anilines is 2. The van der Waals surface area contributed by atoms with Gasteiger partial charge in [0.15, 0.2) is 22.8 Å². The van der Waals surface area contributed by atoms with Crippen LogP contribution >= 0.6 is 0 Å². The van der Waals surface area contributed by atoms with Gasteiger partial charge in [0.2, 0.25) is 0 Å². The lowest BCUT2D eigenvalue weighted by Crippen LogP contribution is -2.46. The number of aromatic amines is 3. The number of nitrogens with one attached hydrogen (secondary N) is 3. The number of nitrogens with zero attached hydrogens (tertiary/aromatic N) is 11. The summed E-state index contributed by atoms with van der Waals surface area (Å²) in [6, 6.07) is 30.7. The topological polar surface area (TPSA) is 231 Å². The van der Waals surface area contributed by atoms with Crippen LogP contribution in [0, 0.1) is 17.7 Å². The lowest BCUT2D eigenvalue weighted by atomic mass is 9.90. The maximum absolute atomic E-state index is 14.5. The number of piperidine rings is 1. The van der Waals surface area contributed by atoms with Crippen molar-refractivity contribution in [2.45, 2.75) is 51.9 Å². The van der Waals surface area contributed by atoms with E-state index < -0.39 is 11.7 Å². The fraction of sp³-hybridized carbons (Fsp3) is 0.291. The highest BCUT2D eigenvalue weighted by Crippen LogP contribution is 2.39. The maximum atomic E-state index is 14.5. The number of hydrogen-bond acceptors (Lipinski definition) is 14. The number of aromatic nitrogens is 12. The van der Waals surface area contributed by atoms with E-state index in [1.807, 2.05) is 65.6 Å². The number of alkyl halides is 3. The second-order valence-electron chi connectivity index (χ2n) is 19.1. The summed E-state index contributed by atoms with van der Waals surface area (Å²) in [7, 11) is 0. The largest absolute Gasteiger partial charge is 0.418 e. The van der Waals surface area contributed by atoms with Crippen molar-refractivity contribution >= 4 is 44.7 Å². The Morgan fingerprint density at radius 2 is 1.26 bits per heavy atom. The molecule has 10 aromatic rings. The minimum Gasteiger partial charge on any atom is -0.373 e. The van der Waals surface area contributed by atoms with Crippen LogP contribution in [0.5, 0.6) is 0 Å². The normalized spacial score (nSPS) is 16.0. The third-order valence-corrected chi connectivity index (χ3v) is 13.3. The van der Waals surface area contributed by atoms with Crippen molar-refractivity contribution in [1.82, 2.24) is 60.5 Å². The summed E-state index contributed by atoms with van der Waals surface area (Å²) in [4.78, 5) is 30.4. The third kappa shape index (κ3) is 11.4. The van der Waals surface area contributed by atoms with Gasteiger partial charge in [0.25, 0.3) is 0 Å². The Labute approximate surface area is 436 Å². The minimum absolute atomic E-state index is 0. The highest BCUT2D eigenvalue weighted by molar-refractivity contribution is 5.92. The van der Waals surface area contributed by atoms with Crippen molar-refractivity contribution in [3.05, 3.63) is 139 Å².